The molecule has 10 heteroatoms. The standard InChI is InChI=1S/C24H22F2N6O2/c1-15-22(13-27-14-29-15)34-18-4-2-17(3-5-18)31-6-8-32(9-7-31)24(33)30-21-12-28-23-19(21)10-16(25)11-20(23)26/h2-5,10-14,28H,6-9H2,1H3,(H,30,33). The smallest absolute Gasteiger partial charge is 0.322 e. The van der Waals surface area contributed by atoms with Crippen molar-refractivity contribution in [2.45, 2.75) is 6.92 Å². The van der Waals surface area contributed by atoms with Crippen LogP contribution >= 0.6 is 0 Å². The topological polar surface area (TPSA) is 86.4 Å². The van der Waals surface area contributed by atoms with Crippen LogP contribution in [-0.4, -0.2) is 52.1 Å². The Morgan fingerprint density at radius 2 is 1.88 bits per heavy atom. The number of benzene rings is 2. The molecule has 1 aliphatic heterocycles. The van der Waals surface area contributed by atoms with Crippen molar-refractivity contribution in [3.05, 3.63) is 72.4 Å². The summed E-state index contributed by atoms with van der Waals surface area (Å²) in [6.45, 7) is 4.17. The number of aromatic amines is 1. The highest BCUT2D eigenvalue weighted by Gasteiger charge is 2.22. The minimum Gasteiger partial charge on any atom is -0.454 e. The van der Waals surface area contributed by atoms with E-state index < -0.39 is 11.6 Å². The van der Waals surface area contributed by atoms with Crippen LogP contribution < -0.4 is 15.0 Å². The van der Waals surface area contributed by atoms with Crippen molar-refractivity contribution >= 4 is 28.3 Å². The Labute approximate surface area is 194 Å². The molecular weight excluding hydrogens is 442 g/mol. The van der Waals surface area contributed by atoms with Crippen LogP contribution in [0.2, 0.25) is 0 Å². The van der Waals surface area contributed by atoms with Gasteiger partial charge < -0.3 is 24.8 Å². The minimum absolute atomic E-state index is 0.156. The maximum atomic E-state index is 13.9. The quantitative estimate of drug-likeness (QED) is 0.458. The number of anilines is 2. The molecule has 174 valence electrons. The van der Waals surface area contributed by atoms with Crippen molar-refractivity contribution < 1.29 is 18.3 Å². The SMILES string of the molecule is Cc1ncncc1Oc1ccc(N2CCN(C(=O)Nc3c[nH]c4c(F)cc(F)cc34)CC2)cc1. The summed E-state index contributed by atoms with van der Waals surface area (Å²) in [5, 5.41) is 3.05. The van der Waals surface area contributed by atoms with Crippen LogP contribution in [0.15, 0.2) is 55.1 Å². The first-order valence-corrected chi connectivity index (χ1v) is 10.8. The zero-order valence-electron chi connectivity index (χ0n) is 18.4. The molecule has 5 rings (SSSR count). The molecule has 4 aromatic rings. The molecule has 0 bridgehead atoms. The second kappa shape index (κ2) is 8.97. The maximum Gasteiger partial charge on any atom is 0.322 e. The number of halogens is 2. The lowest BCUT2D eigenvalue weighted by Gasteiger charge is -2.36. The molecule has 0 radical (unpaired) electrons. The average Bonchev–Trinajstić information content (AvgIpc) is 3.24. The Morgan fingerprint density at radius 3 is 2.62 bits per heavy atom. The fraction of sp³-hybridized carbons (Fsp3) is 0.208. The molecule has 0 aliphatic carbocycles. The van der Waals surface area contributed by atoms with Crippen LogP contribution in [0.3, 0.4) is 0 Å². The van der Waals surface area contributed by atoms with E-state index in [9.17, 15) is 13.6 Å². The van der Waals surface area contributed by atoms with Crippen molar-refractivity contribution in [3.8, 4) is 11.5 Å². The van der Waals surface area contributed by atoms with Gasteiger partial charge >= 0.3 is 6.03 Å². The maximum absolute atomic E-state index is 13.9. The predicted octanol–water partition coefficient (Wildman–Crippen LogP) is 4.69. The third-order valence-electron chi connectivity index (χ3n) is 5.81. The number of H-pyrrole nitrogens is 1. The molecule has 2 aromatic heterocycles. The highest BCUT2D eigenvalue weighted by Crippen LogP contribution is 2.28. The highest BCUT2D eigenvalue weighted by molar-refractivity contribution is 6.01. The van der Waals surface area contributed by atoms with Crippen molar-refractivity contribution in [1.82, 2.24) is 19.9 Å². The summed E-state index contributed by atoms with van der Waals surface area (Å²) >= 11 is 0. The van der Waals surface area contributed by atoms with E-state index in [0.29, 0.717) is 48.8 Å². The Hall–Kier alpha value is -4.21. The largest absolute Gasteiger partial charge is 0.454 e. The first-order valence-electron chi connectivity index (χ1n) is 10.8. The summed E-state index contributed by atoms with van der Waals surface area (Å²) in [7, 11) is 0. The lowest BCUT2D eigenvalue weighted by atomic mass is 10.2. The van der Waals surface area contributed by atoms with Crippen molar-refractivity contribution in [1.29, 1.82) is 0 Å². The van der Waals surface area contributed by atoms with E-state index in [2.05, 4.69) is 25.2 Å². The Kier molecular flexibility index (Phi) is 5.70. The molecular formula is C24H22F2N6O2. The van der Waals surface area contributed by atoms with Crippen LogP contribution in [0.5, 0.6) is 11.5 Å². The summed E-state index contributed by atoms with van der Waals surface area (Å²) < 4.78 is 33.3. The molecule has 0 unspecified atom stereocenters. The van der Waals surface area contributed by atoms with Gasteiger partial charge in [-0.1, -0.05) is 0 Å². The third kappa shape index (κ3) is 4.34. The normalized spacial score (nSPS) is 13.9. The van der Waals surface area contributed by atoms with Gasteiger partial charge in [0.05, 0.1) is 23.1 Å². The Morgan fingerprint density at radius 1 is 1.12 bits per heavy atom. The molecule has 34 heavy (non-hydrogen) atoms. The number of rotatable bonds is 4. The number of piperazine rings is 1. The number of aryl methyl sites for hydroxylation is 1. The van der Waals surface area contributed by atoms with E-state index in [4.69, 9.17) is 4.74 Å². The number of hydrogen-bond acceptors (Lipinski definition) is 5. The molecule has 3 heterocycles. The average molecular weight is 464 g/mol. The molecule has 8 nitrogen and oxygen atoms in total. The fourth-order valence-corrected chi connectivity index (χ4v) is 3.95. The van der Waals surface area contributed by atoms with Crippen LogP contribution in [0.1, 0.15) is 5.69 Å². The second-order valence-electron chi connectivity index (χ2n) is 7.99. The number of nitrogens with zero attached hydrogens (tertiary/aromatic N) is 4. The molecule has 1 aliphatic rings. The Balaban J connectivity index is 1.19. The molecule has 0 atom stereocenters. The summed E-state index contributed by atoms with van der Waals surface area (Å²) in [6.07, 6.45) is 4.57. The molecule has 2 amide bonds. The van der Waals surface area contributed by atoms with Gasteiger partial charge in [-0.2, -0.15) is 0 Å². The van der Waals surface area contributed by atoms with Crippen molar-refractivity contribution in [2.24, 2.45) is 0 Å². The van der Waals surface area contributed by atoms with Crippen molar-refractivity contribution in [2.75, 3.05) is 36.4 Å². The third-order valence-corrected chi connectivity index (χ3v) is 5.81. The number of urea groups is 1. The van der Waals surface area contributed by atoms with Crippen LogP contribution in [0.4, 0.5) is 25.0 Å². The van der Waals surface area contributed by atoms with E-state index in [1.807, 2.05) is 31.2 Å². The van der Waals surface area contributed by atoms with Gasteiger partial charge in [-0.15, -0.1) is 0 Å². The van der Waals surface area contributed by atoms with E-state index in [0.717, 1.165) is 17.4 Å². The second-order valence-corrected chi connectivity index (χ2v) is 7.99. The van der Waals surface area contributed by atoms with Gasteiger partial charge in [-0.3, -0.25) is 0 Å². The molecule has 2 N–H and O–H groups in total. The zero-order chi connectivity index (χ0) is 23.7. The highest BCUT2D eigenvalue weighted by atomic mass is 19.1. The summed E-state index contributed by atoms with van der Waals surface area (Å²) in [6, 6.07) is 9.40. The van der Waals surface area contributed by atoms with Crippen LogP contribution in [0.25, 0.3) is 10.9 Å². The number of carbonyl (C=O) groups is 1. The minimum atomic E-state index is -0.701. The van der Waals surface area contributed by atoms with E-state index in [-0.39, 0.29) is 11.5 Å². The number of amides is 2. The van der Waals surface area contributed by atoms with Gasteiger partial charge in [0.25, 0.3) is 0 Å². The molecule has 0 saturated carbocycles. The molecule has 1 saturated heterocycles. The van der Waals surface area contributed by atoms with Crippen LogP contribution in [0, 0.1) is 18.6 Å². The first kappa shape index (κ1) is 21.6. The summed E-state index contributed by atoms with van der Waals surface area (Å²) in [5.41, 5.74) is 2.28. The van der Waals surface area contributed by atoms with Gasteiger partial charge in [0.15, 0.2) is 5.75 Å². The summed E-state index contributed by atoms with van der Waals surface area (Å²) in [4.78, 5) is 27.4. The fourth-order valence-electron chi connectivity index (χ4n) is 3.95. The van der Waals surface area contributed by atoms with Gasteiger partial charge in [-0.05, 0) is 37.3 Å². The predicted molar refractivity (Wildman–Crippen MR) is 124 cm³/mol. The van der Waals surface area contributed by atoms with E-state index in [1.54, 1.807) is 11.1 Å². The van der Waals surface area contributed by atoms with Gasteiger partial charge in [0.2, 0.25) is 0 Å². The number of nitrogens with one attached hydrogen (secondary N) is 2. The van der Waals surface area contributed by atoms with Gasteiger partial charge in [0.1, 0.15) is 23.7 Å². The molecule has 0 spiro atoms. The van der Waals surface area contributed by atoms with Gasteiger partial charge in [0, 0.05) is 49.5 Å². The summed E-state index contributed by atoms with van der Waals surface area (Å²) in [5.74, 6) is -0.105. The molecule has 1 fully saturated rings. The van der Waals surface area contributed by atoms with Gasteiger partial charge in [-0.25, -0.2) is 23.5 Å². The number of hydrogen-bond donors (Lipinski definition) is 2. The monoisotopic (exact) mass is 464 g/mol. The van der Waals surface area contributed by atoms with Crippen LogP contribution in [-0.2, 0) is 0 Å². The lowest BCUT2D eigenvalue weighted by molar-refractivity contribution is 0.208. The molecule has 2 aromatic carbocycles. The number of aromatic nitrogens is 3. The van der Waals surface area contributed by atoms with E-state index >= 15 is 0 Å². The number of ether oxygens (including phenoxy) is 1. The first-order chi connectivity index (χ1) is 16.5. The Bertz CT molecular complexity index is 1330. The number of fused-ring (bicyclic) bond motifs is 1. The number of carbonyl (C=O) groups excluding carboxylic acids is 1. The lowest BCUT2D eigenvalue weighted by Crippen LogP contribution is -2.50. The van der Waals surface area contributed by atoms with E-state index in [1.165, 1.54) is 18.6 Å². The zero-order valence-corrected chi connectivity index (χ0v) is 18.4. The van der Waals surface area contributed by atoms with Crippen molar-refractivity contribution in [3.63, 3.8) is 0 Å².